The SMILES string of the molecule is CC(=O)OC(CCBr)C1CC1. The molecule has 0 spiro atoms. The van der Waals surface area contributed by atoms with Crippen LogP contribution in [0.3, 0.4) is 0 Å². The van der Waals surface area contributed by atoms with Crippen LogP contribution in [-0.4, -0.2) is 17.4 Å². The maximum absolute atomic E-state index is 10.6. The van der Waals surface area contributed by atoms with Gasteiger partial charge in [-0.3, -0.25) is 4.79 Å². The molecule has 1 atom stereocenters. The second kappa shape index (κ2) is 4.10. The molecular formula is C8H13BrO2. The molecule has 0 aromatic rings. The fourth-order valence-corrected chi connectivity index (χ4v) is 1.63. The maximum Gasteiger partial charge on any atom is 0.302 e. The smallest absolute Gasteiger partial charge is 0.302 e. The molecule has 3 heteroatoms. The first-order chi connectivity index (χ1) is 5.24. The fourth-order valence-electron chi connectivity index (χ4n) is 1.18. The minimum Gasteiger partial charge on any atom is -0.462 e. The minimum atomic E-state index is -0.150. The van der Waals surface area contributed by atoms with Crippen LogP contribution in [0.15, 0.2) is 0 Å². The van der Waals surface area contributed by atoms with E-state index in [-0.39, 0.29) is 12.1 Å². The Hall–Kier alpha value is -0.0500. The molecule has 0 bridgehead atoms. The number of esters is 1. The Balaban J connectivity index is 2.26. The van der Waals surface area contributed by atoms with Gasteiger partial charge in [-0.25, -0.2) is 0 Å². The number of rotatable bonds is 4. The van der Waals surface area contributed by atoms with Gasteiger partial charge in [-0.15, -0.1) is 0 Å². The second-order valence-corrected chi connectivity index (χ2v) is 3.76. The Bertz CT molecular complexity index is 143. The van der Waals surface area contributed by atoms with Crippen molar-refractivity contribution in [3.05, 3.63) is 0 Å². The molecule has 1 aliphatic rings. The van der Waals surface area contributed by atoms with Gasteiger partial charge in [-0.2, -0.15) is 0 Å². The van der Waals surface area contributed by atoms with Gasteiger partial charge in [0.25, 0.3) is 0 Å². The topological polar surface area (TPSA) is 26.3 Å². The molecule has 0 saturated heterocycles. The van der Waals surface area contributed by atoms with Gasteiger partial charge in [0.05, 0.1) is 0 Å². The van der Waals surface area contributed by atoms with Crippen LogP contribution in [0.1, 0.15) is 26.2 Å². The van der Waals surface area contributed by atoms with E-state index in [1.54, 1.807) is 0 Å². The van der Waals surface area contributed by atoms with Gasteiger partial charge < -0.3 is 4.74 Å². The van der Waals surface area contributed by atoms with E-state index in [0.717, 1.165) is 11.8 Å². The first-order valence-electron chi connectivity index (χ1n) is 3.97. The summed E-state index contributed by atoms with van der Waals surface area (Å²) in [6, 6.07) is 0. The highest BCUT2D eigenvalue weighted by Gasteiger charge is 2.32. The van der Waals surface area contributed by atoms with E-state index in [9.17, 15) is 4.79 Å². The van der Waals surface area contributed by atoms with Crippen molar-refractivity contribution in [3.63, 3.8) is 0 Å². The summed E-state index contributed by atoms with van der Waals surface area (Å²) >= 11 is 3.34. The zero-order valence-corrected chi connectivity index (χ0v) is 8.26. The Morgan fingerprint density at radius 3 is 2.73 bits per heavy atom. The molecule has 1 saturated carbocycles. The third kappa shape index (κ3) is 3.23. The van der Waals surface area contributed by atoms with Gasteiger partial charge in [-0.1, -0.05) is 15.9 Å². The number of ether oxygens (including phenoxy) is 1. The molecule has 2 nitrogen and oxygen atoms in total. The normalized spacial score (nSPS) is 19.5. The van der Waals surface area contributed by atoms with E-state index in [4.69, 9.17) is 4.74 Å². The lowest BCUT2D eigenvalue weighted by Crippen LogP contribution is -2.18. The van der Waals surface area contributed by atoms with Crippen LogP contribution in [0.25, 0.3) is 0 Å². The molecule has 0 aromatic heterocycles. The lowest BCUT2D eigenvalue weighted by atomic mass is 10.2. The Morgan fingerprint density at radius 1 is 1.73 bits per heavy atom. The maximum atomic E-state index is 10.6. The third-order valence-electron chi connectivity index (χ3n) is 1.86. The molecule has 1 aliphatic carbocycles. The molecule has 0 heterocycles. The molecule has 0 aliphatic heterocycles. The number of hydrogen-bond donors (Lipinski definition) is 0. The fraction of sp³-hybridized carbons (Fsp3) is 0.875. The first kappa shape index (κ1) is 9.04. The average molecular weight is 221 g/mol. The quantitative estimate of drug-likeness (QED) is 0.536. The van der Waals surface area contributed by atoms with Gasteiger partial charge in [0.1, 0.15) is 6.10 Å². The highest BCUT2D eigenvalue weighted by molar-refractivity contribution is 9.09. The highest BCUT2D eigenvalue weighted by atomic mass is 79.9. The van der Waals surface area contributed by atoms with Gasteiger partial charge in [-0.05, 0) is 25.2 Å². The monoisotopic (exact) mass is 220 g/mol. The molecule has 1 fully saturated rings. The second-order valence-electron chi connectivity index (χ2n) is 2.96. The zero-order chi connectivity index (χ0) is 8.27. The van der Waals surface area contributed by atoms with Gasteiger partial charge in [0, 0.05) is 12.3 Å². The zero-order valence-electron chi connectivity index (χ0n) is 6.68. The number of carbonyl (C=O) groups excluding carboxylic acids is 1. The Labute approximate surface area is 75.4 Å². The van der Waals surface area contributed by atoms with Crippen LogP contribution in [0.2, 0.25) is 0 Å². The van der Waals surface area contributed by atoms with Crippen LogP contribution < -0.4 is 0 Å². The molecule has 64 valence electrons. The van der Waals surface area contributed by atoms with Crippen molar-refractivity contribution in [1.82, 2.24) is 0 Å². The van der Waals surface area contributed by atoms with Crippen LogP contribution >= 0.6 is 15.9 Å². The van der Waals surface area contributed by atoms with Crippen LogP contribution in [0.4, 0.5) is 0 Å². The molecule has 1 rings (SSSR count). The summed E-state index contributed by atoms with van der Waals surface area (Å²) in [5.74, 6) is 0.499. The number of carbonyl (C=O) groups is 1. The Morgan fingerprint density at radius 2 is 2.36 bits per heavy atom. The van der Waals surface area contributed by atoms with E-state index in [2.05, 4.69) is 15.9 Å². The molecule has 0 radical (unpaired) electrons. The first-order valence-corrected chi connectivity index (χ1v) is 5.09. The van der Waals surface area contributed by atoms with Gasteiger partial charge in [0.15, 0.2) is 0 Å². The van der Waals surface area contributed by atoms with Crippen molar-refractivity contribution in [2.75, 3.05) is 5.33 Å². The summed E-state index contributed by atoms with van der Waals surface area (Å²) in [4.78, 5) is 10.6. The molecule has 0 N–H and O–H groups in total. The third-order valence-corrected chi connectivity index (χ3v) is 2.32. The van der Waals surface area contributed by atoms with E-state index in [0.29, 0.717) is 5.92 Å². The minimum absolute atomic E-state index is 0.150. The molecular weight excluding hydrogens is 208 g/mol. The summed E-state index contributed by atoms with van der Waals surface area (Å²) in [5.41, 5.74) is 0. The lowest BCUT2D eigenvalue weighted by molar-refractivity contribution is -0.147. The predicted octanol–water partition coefficient (Wildman–Crippen LogP) is 2.11. The molecule has 0 aromatic carbocycles. The number of halogens is 1. The van der Waals surface area contributed by atoms with Crippen LogP contribution in [0, 0.1) is 5.92 Å². The van der Waals surface area contributed by atoms with Crippen molar-refractivity contribution in [2.24, 2.45) is 5.92 Å². The number of alkyl halides is 1. The summed E-state index contributed by atoms with van der Waals surface area (Å²) < 4.78 is 5.15. The molecule has 0 amide bonds. The van der Waals surface area contributed by atoms with Crippen molar-refractivity contribution >= 4 is 21.9 Å². The summed E-state index contributed by atoms with van der Waals surface area (Å²) in [6.07, 6.45) is 3.58. The van der Waals surface area contributed by atoms with E-state index in [1.165, 1.54) is 19.8 Å². The van der Waals surface area contributed by atoms with Crippen molar-refractivity contribution in [1.29, 1.82) is 0 Å². The van der Waals surface area contributed by atoms with Crippen molar-refractivity contribution < 1.29 is 9.53 Å². The lowest BCUT2D eigenvalue weighted by Gasteiger charge is -2.14. The van der Waals surface area contributed by atoms with Gasteiger partial charge >= 0.3 is 5.97 Å². The molecule has 1 unspecified atom stereocenters. The van der Waals surface area contributed by atoms with Crippen LogP contribution in [0.5, 0.6) is 0 Å². The van der Waals surface area contributed by atoms with E-state index >= 15 is 0 Å². The number of hydrogen-bond acceptors (Lipinski definition) is 2. The van der Waals surface area contributed by atoms with Crippen molar-refractivity contribution in [2.45, 2.75) is 32.3 Å². The Kier molecular flexibility index (Phi) is 3.37. The highest BCUT2D eigenvalue weighted by Crippen LogP contribution is 2.36. The largest absolute Gasteiger partial charge is 0.462 e. The summed E-state index contributed by atoms with van der Waals surface area (Å²) in [6.45, 7) is 1.48. The standard InChI is InChI=1S/C8H13BrO2/c1-6(10)11-8(4-5-9)7-2-3-7/h7-8H,2-5H2,1H3. The predicted molar refractivity (Wildman–Crippen MR) is 46.7 cm³/mol. The molecule has 11 heavy (non-hydrogen) atoms. The summed E-state index contributed by atoms with van der Waals surface area (Å²) in [7, 11) is 0. The van der Waals surface area contributed by atoms with Crippen LogP contribution in [-0.2, 0) is 9.53 Å². The average Bonchev–Trinajstić information content (AvgIpc) is 2.66. The summed E-state index contributed by atoms with van der Waals surface area (Å²) in [5, 5.41) is 0.918. The van der Waals surface area contributed by atoms with Crippen molar-refractivity contribution in [3.8, 4) is 0 Å². The van der Waals surface area contributed by atoms with E-state index in [1.807, 2.05) is 0 Å². The van der Waals surface area contributed by atoms with E-state index < -0.39 is 0 Å². The van der Waals surface area contributed by atoms with Gasteiger partial charge in [0.2, 0.25) is 0 Å².